The zero-order chi connectivity index (χ0) is 11.9. The Morgan fingerprint density at radius 3 is 2.44 bits per heavy atom. The summed E-state index contributed by atoms with van der Waals surface area (Å²) in [7, 11) is 0. The van der Waals surface area contributed by atoms with E-state index < -0.39 is 0 Å². The predicted molar refractivity (Wildman–Crippen MR) is 68.7 cm³/mol. The Morgan fingerprint density at radius 2 is 1.81 bits per heavy atom. The highest BCUT2D eigenvalue weighted by Crippen LogP contribution is 2.28. The van der Waals surface area contributed by atoms with Crippen molar-refractivity contribution in [2.75, 3.05) is 39.4 Å². The first-order chi connectivity index (χ1) is 7.66. The van der Waals surface area contributed by atoms with Gasteiger partial charge in [0.25, 0.3) is 0 Å². The molecule has 1 heterocycles. The van der Waals surface area contributed by atoms with Gasteiger partial charge in [-0.05, 0) is 43.8 Å². The van der Waals surface area contributed by atoms with E-state index in [-0.39, 0.29) is 0 Å². The summed E-state index contributed by atoms with van der Waals surface area (Å²) in [6.07, 6.45) is 2.39. The molecule has 1 rings (SSSR count). The molecule has 0 aromatic carbocycles. The Bertz CT molecular complexity index is 179. The lowest BCUT2D eigenvalue weighted by atomic mass is 9.82. The van der Waals surface area contributed by atoms with Gasteiger partial charge in [-0.2, -0.15) is 0 Å². The highest BCUT2D eigenvalue weighted by molar-refractivity contribution is 4.79. The summed E-state index contributed by atoms with van der Waals surface area (Å²) in [5.41, 5.74) is 0.455. The van der Waals surface area contributed by atoms with Crippen LogP contribution in [0.5, 0.6) is 0 Å². The van der Waals surface area contributed by atoms with Crippen molar-refractivity contribution < 1.29 is 4.74 Å². The molecule has 1 atom stereocenters. The molecule has 0 bridgehead atoms. The highest BCUT2D eigenvalue weighted by atomic mass is 16.5. The van der Waals surface area contributed by atoms with Gasteiger partial charge in [-0.1, -0.05) is 20.8 Å². The fourth-order valence-corrected chi connectivity index (χ4v) is 2.12. The minimum atomic E-state index is 0.455. The lowest BCUT2D eigenvalue weighted by Crippen LogP contribution is -2.39. The van der Waals surface area contributed by atoms with Gasteiger partial charge >= 0.3 is 0 Å². The van der Waals surface area contributed by atoms with E-state index in [9.17, 15) is 0 Å². The second-order valence-electron chi connectivity index (χ2n) is 5.47. The molecule has 16 heavy (non-hydrogen) atoms. The van der Waals surface area contributed by atoms with Crippen molar-refractivity contribution in [3.63, 3.8) is 0 Å². The van der Waals surface area contributed by atoms with Crippen LogP contribution in [0.1, 0.15) is 33.6 Å². The number of nitrogens with one attached hydrogen (secondary N) is 2. The Balaban J connectivity index is 2.09. The molecular formula is C13H28N2O. The lowest BCUT2D eigenvalue weighted by molar-refractivity contribution is 0.0238. The van der Waals surface area contributed by atoms with Crippen molar-refractivity contribution in [2.24, 2.45) is 11.3 Å². The van der Waals surface area contributed by atoms with E-state index >= 15 is 0 Å². The average molecular weight is 228 g/mol. The van der Waals surface area contributed by atoms with Crippen molar-refractivity contribution in [3.8, 4) is 0 Å². The van der Waals surface area contributed by atoms with Gasteiger partial charge in [0, 0.05) is 19.8 Å². The molecule has 1 aliphatic heterocycles. The topological polar surface area (TPSA) is 33.3 Å². The van der Waals surface area contributed by atoms with Crippen molar-refractivity contribution in [1.82, 2.24) is 10.6 Å². The molecule has 1 saturated heterocycles. The SMILES string of the molecule is CCNCC(C)CNCC1(C)CCOCC1. The number of hydrogen-bond donors (Lipinski definition) is 2. The quantitative estimate of drug-likeness (QED) is 0.695. The maximum absolute atomic E-state index is 5.41. The van der Waals surface area contributed by atoms with Crippen molar-refractivity contribution in [3.05, 3.63) is 0 Å². The molecule has 2 N–H and O–H groups in total. The zero-order valence-electron chi connectivity index (χ0n) is 11.1. The van der Waals surface area contributed by atoms with E-state index in [1.807, 2.05) is 0 Å². The van der Waals surface area contributed by atoms with E-state index in [0.717, 1.165) is 39.4 Å². The lowest BCUT2D eigenvalue weighted by Gasteiger charge is -2.34. The molecule has 0 aliphatic carbocycles. The van der Waals surface area contributed by atoms with Crippen LogP contribution in [-0.4, -0.2) is 39.4 Å². The van der Waals surface area contributed by atoms with Crippen LogP contribution >= 0.6 is 0 Å². The molecular weight excluding hydrogens is 200 g/mol. The van der Waals surface area contributed by atoms with Crippen LogP contribution in [0.3, 0.4) is 0 Å². The first-order valence-electron chi connectivity index (χ1n) is 6.65. The monoisotopic (exact) mass is 228 g/mol. The van der Waals surface area contributed by atoms with E-state index in [1.165, 1.54) is 12.8 Å². The van der Waals surface area contributed by atoms with Crippen LogP contribution in [0.4, 0.5) is 0 Å². The minimum Gasteiger partial charge on any atom is -0.381 e. The van der Waals surface area contributed by atoms with Crippen LogP contribution in [-0.2, 0) is 4.74 Å². The number of hydrogen-bond acceptors (Lipinski definition) is 3. The molecule has 0 radical (unpaired) electrons. The second-order valence-corrected chi connectivity index (χ2v) is 5.47. The van der Waals surface area contributed by atoms with Gasteiger partial charge in [-0.15, -0.1) is 0 Å². The Morgan fingerprint density at radius 1 is 1.19 bits per heavy atom. The molecule has 3 heteroatoms. The first kappa shape index (κ1) is 13.9. The summed E-state index contributed by atoms with van der Waals surface area (Å²) in [6.45, 7) is 13.1. The van der Waals surface area contributed by atoms with Crippen molar-refractivity contribution in [1.29, 1.82) is 0 Å². The van der Waals surface area contributed by atoms with Gasteiger partial charge in [0.1, 0.15) is 0 Å². The van der Waals surface area contributed by atoms with Crippen LogP contribution < -0.4 is 10.6 Å². The van der Waals surface area contributed by atoms with Crippen molar-refractivity contribution in [2.45, 2.75) is 33.6 Å². The highest BCUT2D eigenvalue weighted by Gasteiger charge is 2.26. The van der Waals surface area contributed by atoms with E-state index in [1.54, 1.807) is 0 Å². The maximum Gasteiger partial charge on any atom is 0.0471 e. The number of rotatable bonds is 7. The van der Waals surface area contributed by atoms with Crippen LogP contribution in [0, 0.1) is 11.3 Å². The Labute approximate surface area is 100 Å². The summed E-state index contributed by atoms with van der Waals surface area (Å²) in [4.78, 5) is 0. The largest absolute Gasteiger partial charge is 0.381 e. The second kappa shape index (κ2) is 7.25. The third-order valence-electron chi connectivity index (χ3n) is 3.49. The predicted octanol–water partition coefficient (Wildman–Crippen LogP) is 1.64. The minimum absolute atomic E-state index is 0.455. The molecule has 3 nitrogen and oxygen atoms in total. The van der Waals surface area contributed by atoms with Gasteiger partial charge in [0.15, 0.2) is 0 Å². The number of ether oxygens (including phenoxy) is 1. The maximum atomic E-state index is 5.41. The summed E-state index contributed by atoms with van der Waals surface area (Å²) in [6, 6.07) is 0. The molecule has 1 unspecified atom stereocenters. The van der Waals surface area contributed by atoms with Crippen molar-refractivity contribution >= 4 is 0 Å². The fraction of sp³-hybridized carbons (Fsp3) is 1.00. The molecule has 1 fully saturated rings. The molecule has 0 saturated carbocycles. The summed E-state index contributed by atoms with van der Waals surface area (Å²) < 4.78 is 5.41. The molecule has 0 aromatic heterocycles. The molecule has 1 aliphatic rings. The van der Waals surface area contributed by atoms with Crippen LogP contribution in [0.15, 0.2) is 0 Å². The standard InChI is InChI=1S/C13H28N2O/c1-4-14-9-12(2)10-15-11-13(3)5-7-16-8-6-13/h12,14-15H,4-11H2,1-3H3. The Hall–Kier alpha value is -0.120. The molecule has 0 aromatic rings. The van der Waals surface area contributed by atoms with Gasteiger partial charge in [0.2, 0.25) is 0 Å². The van der Waals surface area contributed by atoms with Gasteiger partial charge in [0.05, 0.1) is 0 Å². The van der Waals surface area contributed by atoms with Crippen LogP contribution in [0.2, 0.25) is 0 Å². The third-order valence-corrected chi connectivity index (χ3v) is 3.49. The van der Waals surface area contributed by atoms with Gasteiger partial charge in [-0.25, -0.2) is 0 Å². The molecule has 96 valence electrons. The fourth-order valence-electron chi connectivity index (χ4n) is 2.12. The summed E-state index contributed by atoms with van der Waals surface area (Å²) in [5.74, 6) is 0.711. The molecule has 0 amide bonds. The van der Waals surface area contributed by atoms with Crippen LogP contribution in [0.25, 0.3) is 0 Å². The smallest absolute Gasteiger partial charge is 0.0471 e. The normalized spacial score (nSPS) is 21.9. The summed E-state index contributed by atoms with van der Waals surface area (Å²) >= 11 is 0. The average Bonchev–Trinajstić information content (AvgIpc) is 2.27. The van der Waals surface area contributed by atoms with Gasteiger partial charge in [-0.3, -0.25) is 0 Å². The first-order valence-corrected chi connectivity index (χ1v) is 6.65. The summed E-state index contributed by atoms with van der Waals surface area (Å²) in [5, 5.41) is 6.99. The van der Waals surface area contributed by atoms with Gasteiger partial charge < -0.3 is 15.4 Å². The molecule has 0 spiro atoms. The van der Waals surface area contributed by atoms with E-state index in [4.69, 9.17) is 4.74 Å². The third kappa shape index (κ3) is 5.28. The Kier molecular flexibility index (Phi) is 6.32. The van der Waals surface area contributed by atoms with E-state index in [0.29, 0.717) is 11.3 Å². The zero-order valence-corrected chi connectivity index (χ0v) is 11.1. The van der Waals surface area contributed by atoms with E-state index in [2.05, 4.69) is 31.4 Å².